The van der Waals surface area contributed by atoms with Crippen LogP contribution in [0.1, 0.15) is 132 Å². The second-order valence-corrected chi connectivity index (χ2v) is 20.5. The number of carboxylic acids is 1. The van der Waals surface area contributed by atoms with E-state index in [9.17, 15) is 14.7 Å². The Morgan fingerprint density at radius 3 is 1.59 bits per heavy atom. The standard InChI is InChI=1S/C62H62N4O3S/c1-5-9-33-61(34-10-6-2)53-19-15-13-17-48(53)50-28-25-45(39-55(50)61)65(46-26-29-51-49-18-14-16-20-54(49)62(35-11-7-3,36-12-8-4)56(51)40-46)43-23-21-42(22-24-43)57-30-27-47(70-57)41-52-58(60(68)69)64-66(59(52)67)44-31-37-63-38-32-44/h13-32,37-41H,5-12,33-36H2,1-4H3,(H,68,69). The van der Waals surface area contributed by atoms with Crippen LogP contribution in [0, 0.1) is 0 Å². The average Bonchev–Trinajstić information content (AvgIpc) is 4.14. The molecular weight excluding hydrogens is 881 g/mol. The third kappa shape index (κ3) is 8.20. The van der Waals surface area contributed by atoms with Gasteiger partial charge in [0.05, 0.1) is 11.3 Å². The van der Waals surface area contributed by atoms with E-state index in [1.54, 1.807) is 30.6 Å². The molecule has 7 nitrogen and oxygen atoms in total. The van der Waals surface area contributed by atoms with Crippen molar-refractivity contribution >= 4 is 57.8 Å². The summed E-state index contributed by atoms with van der Waals surface area (Å²) in [5.41, 5.74) is 15.9. The number of aliphatic carboxylic acids is 1. The first kappa shape index (κ1) is 46.8. The smallest absolute Gasteiger partial charge is 0.357 e. The number of anilines is 4. The highest BCUT2D eigenvalue weighted by Crippen LogP contribution is 2.58. The molecule has 2 aliphatic carbocycles. The molecule has 1 amide bonds. The molecule has 0 radical (unpaired) electrons. The lowest BCUT2D eigenvalue weighted by molar-refractivity contribution is -0.129. The van der Waals surface area contributed by atoms with Gasteiger partial charge in [-0.25, -0.2) is 4.79 Å². The van der Waals surface area contributed by atoms with Gasteiger partial charge in [0, 0.05) is 50.0 Å². The number of fused-ring (bicyclic) bond motifs is 6. The van der Waals surface area contributed by atoms with E-state index >= 15 is 0 Å². The summed E-state index contributed by atoms with van der Waals surface area (Å²) in [4.78, 5) is 34.2. The summed E-state index contributed by atoms with van der Waals surface area (Å²) in [6.45, 7) is 9.27. The molecule has 0 saturated carbocycles. The maximum atomic E-state index is 13.6. The number of nitrogens with zero attached hydrogens (tertiary/aromatic N) is 4. The summed E-state index contributed by atoms with van der Waals surface area (Å²) in [6, 6.07) is 49.0. The Kier molecular flexibility index (Phi) is 13.3. The van der Waals surface area contributed by atoms with Crippen LogP contribution in [0.4, 0.5) is 22.7 Å². The summed E-state index contributed by atoms with van der Waals surface area (Å²) < 4.78 is 0. The van der Waals surface area contributed by atoms with Gasteiger partial charge in [0.1, 0.15) is 0 Å². The normalized spacial score (nSPS) is 15.4. The molecule has 10 rings (SSSR count). The number of carboxylic acid groups (broad SMARTS) is 1. The summed E-state index contributed by atoms with van der Waals surface area (Å²) in [7, 11) is 0. The molecule has 3 aliphatic rings. The van der Waals surface area contributed by atoms with E-state index in [0.29, 0.717) is 5.69 Å². The lowest BCUT2D eigenvalue weighted by Gasteiger charge is -2.35. The first-order valence-electron chi connectivity index (χ1n) is 25.5. The van der Waals surface area contributed by atoms with Crippen LogP contribution in [0.15, 0.2) is 157 Å². The monoisotopic (exact) mass is 942 g/mol. The minimum Gasteiger partial charge on any atom is -0.476 e. The van der Waals surface area contributed by atoms with Gasteiger partial charge in [0.25, 0.3) is 5.91 Å². The van der Waals surface area contributed by atoms with Crippen LogP contribution in [0.2, 0.25) is 0 Å². The number of thiophene rings is 1. The third-order valence-electron chi connectivity index (χ3n) is 15.2. The fourth-order valence-corrected chi connectivity index (χ4v) is 12.7. The van der Waals surface area contributed by atoms with Crippen molar-refractivity contribution in [2.24, 2.45) is 5.10 Å². The Morgan fingerprint density at radius 1 is 0.600 bits per heavy atom. The highest BCUT2D eigenvalue weighted by molar-refractivity contribution is 7.16. The molecule has 70 heavy (non-hydrogen) atoms. The number of unbranched alkanes of at least 4 members (excludes halogenated alkanes) is 4. The van der Waals surface area contributed by atoms with E-state index in [0.717, 1.165) is 88.8 Å². The maximum Gasteiger partial charge on any atom is 0.357 e. The summed E-state index contributed by atoms with van der Waals surface area (Å²) in [5.74, 6) is -1.75. The first-order chi connectivity index (χ1) is 34.2. The van der Waals surface area contributed by atoms with Crippen LogP contribution in [-0.4, -0.2) is 27.7 Å². The summed E-state index contributed by atoms with van der Waals surface area (Å²) in [5, 5.41) is 15.4. The van der Waals surface area contributed by atoms with Crippen LogP contribution >= 0.6 is 11.3 Å². The molecule has 2 aromatic heterocycles. The van der Waals surface area contributed by atoms with Gasteiger partial charge >= 0.3 is 5.97 Å². The van der Waals surface area contributed by atoms with Gasteiger partial charge in [0.15, 0.2) is 5.71 Å². The van der Waals surface area contributed by atoms with Crippen molar-refractivity contribution in [3.63, 3.8) is 0 Å². The number of aromatic nitrogens is 1. The van der Waals surface area contributed by atoms with Gasteiger partial charge in [-0.2, -0.15) is 10.1 Å². The van der Waals surface area contributed by atoms with E-state index in [1.807, 2.05) is 12.1 Å². The number of hydrogen-bond acceptors (Lipinski definition) is 6. The molecule has 1 aliphatic heterocycles. The minimum absolute atomic E-state index is 0.0420. The zero-order valence-corrected chi connectivity index (χ0v) is 41.7. The molecular formula is C62H62N4O3S. The van der Waals surface area contributed by atoms with Crippen LogP contribution < -0.4 is 9.91 Å². The van der Waals surface area contributed by atoms with Gasteiger partial charge in [-0.15, -0.1) is 11.3 Å². The number of pyridine rings is 1. The molecule has 1 N–H and O–H groups in total. The summed E-state index contributed by atoms with van der Waals surface area (Å²) >= 11 is 1.51. The number of benzene rings is 5. The quantitative estimate of drug-likeness (QED) is 0.0816. The van der Waals surface area contributed by atoms with E-state index in [-0.39, 0.29) is 22.1 Å². The molecule has 0 atom stereocenters. The van der Waals surface area contributed by atoms with Gasteiger partial charge in [-0.05, 0) is 142 Å². The van der Waals surface area contributed by atoms with Gasteiger partial charge in [-0.3, -0.25) is 9.78 Å². The van der Waals surface area contributed by atoms with Crippen molar-refractivity contribution < 1.29 is 14.7 Å². The second kappa shape index (κ2) is 19.8. The second-order valence-electron chi connectivity index (χ2n) is 19.3. The van der Waals surface area contributed by atoms with Gasteiger partial charge in [0.2, 0.25) is 0 Å². The van der Waals surface area contributed by atoms with Gasteiger partial charge < -0.3 is 10.0 Å². The predicted octanol–water partition coefficient (Wildman–Crippen LogP) is 16.4. The Hall–Kier alpha value is -6.90. The molecule has 3 heterocycles. The zero-order chi connectivity index (χ0) is 48.4. The fourth-order valence-electron chi connectivity index (χ4n) is 11.7. The summed E-state index contributed by atoms with van der Waals surface area (Å²) in [6.07, 6.45) is 18.6. The molecule has 354 valence electrons. The molecule has 7 aromatic rings. The molecule has 0 unspecified atom stereocenters. The van der Waals surface area contributed by atoms with Crippen molar-refractivity contribution in [1.29, 1.82) is 0 Å². The number of amides is 1. The predicted molar refractivity (Wildman–Crippen MR) is 290 cm³/mol. The van der Waals surface area contributed by atoms with Crippen molar-refractivity contribution in [3.05, 3.63) is 179 Å². The van der Waals surface area contributed by atoms with E-state index in [1.165, 1.54) is 81.5 Å². The zero-order valence-electron chi connectivity index (χ0n) is 40.9. The highest BCUT2D eigenvalue weighted by atomic mass is 32.1. The molecule has 5 aromatic carbocycles. The molecule has 0 fully saturated rings. The van der Waals surface area contributed by atoms with Crippen LogP contribution in [0.25, 0.3) is 38.8 Å². The Bertz CT molecular complexity index is 3000. The number of rotatable bonds is 19. The lowest BCUT2D eigenvalue weighted by Crippen LogP contribution is -2.26. The maximum absolute atomic E-state index is 13.6. The van der Waals surface area contributed by atoms with Crippen molar-refractivity contribution in [2.45, 2.75) is 116 Å². The average molecular weight is 943 g/mol. The van der Waals surface area contributed by atoms with E-state index in [2.05, 4.69) is 152 Å². The Labute approximate surface area is 417 Å². The Balaban J connectivity index is 1.08. The Morgan fingerprint density at radius 2 is 1.09 bits per heavy atom. The van der Waals surface area contributed by atoms with Crippen LogP contribution in [0.3, 0.4) is 0 Å². The number of carbonyl (C=O) groups is 2. The van der Waals surface area contributed by atoms with Crippen molar-refractivity contribution in [2.75, 3.05) is 9.91 Å². The van der Waals surface area contributed by atoms with Crippen molar-refractivity contribution in [3.8, 4) is 32.7 Å². The molecule has 0 saturated heterocycles. The van der Waals surface area contributed by atoms with E-state index < -0.39 is 11.9 Å². The number of carbonyl (C=O) groups excluding carboxylic acids is 1. The fraction of sp³-hybridized carbons (Fsp3) is 0.290. The van der Waals surface area contributed by atoms with E-state index in [4.69, 9.17) is 0 Å². The van der Waals surface area contributed by atoms with Gasteiger partial charge in [-0.1, -0.05) is 152 Å². The number of hydrogen-bond donors (Lipinski definition) is 1. The van der Waals surface area contributed by atoms with Crippen LogP contribution in [0.5, 0.6) is 0 Å². The third-order valence-corrected chi connectivity index (χ3v) is 16.2. The largest absolute Gasteiger partial charge is 0.476 e. The van der Waals surface area contributed by atoms with Crippen LogP contribution in [-0.2, 0) is 20.4 Å². The first-order valence-corrected chi connectivity index (χ1v) is 26.3. The minimum atomic E-state index is -1.26. The lowest BCUT2D eigenvalue weighted by atomic mass is 9.70. The molecule has 8 heteroatoms. The molecule has 0 spiro atoms. The van der Waals surface area contributed by atoms with Crippen molar-refractivity contribution in [1.82, 2.24) is 4.98 Å². The molecule has 0 bridgehead atoms. The SMILES string of the molecule is CCCCC1(CCCC)c2ccccc2-c2ccc(N(c3ccc(-c4ccc(C=C5C(=O)N(c6ccncc6)N=C5C(=O)O)s4)cc3)c3ccc4c(c3)C(CCCC)(CCCC)c3ccccc3-4)cc21. The highest BCUT2D eigenvalue weighted by Gasteiger charge is 2.44. The number of hydrazone groups is 1. The topological polar surface area (TPSA) is 86.1 Å².